The lowest BCUT2D eigenvalue weighted by atomic mass is 10.2. The summed E-state index contributed by atoms with van der Waals surface area (Å²) >= 11 is 0. The van der Waals surface area contributed by atoms with Gasteiger partial charge in [-0.15, -0.1) is 0 Å². The Morgan fingerprint density at radius 2 is 1.95 bits per heavy atom. The molecule has 0 bridgehead atoms. The van der Waals surface area contributed by atoms with Crippen molar-refractivity contribution in [3.63, 3.8) is 0 Å². The van der Waals surface area contributed by atoms with Crippen LogP contribution in [0.4, 0.5) is 4.39 Å². The van der Waals surface area contributed by atoms with Gasteiger partial charge in [-0.2, -0.15) is 4.98 Å². The minimum absolute atomic E-state index is 0.00293. The molecule has 6 nitrogen and oxygen atoms in total. The van der Waals surface area contributed by atoms with Crippen molar-refractivity contribution >= 4 is 9.84 Å². The van der Waals surface area contributed by atoms with Crippen LogP contribution >= 0.6 is 0 Å². The summed E-state index contributed by atoms with van der Waals surface area (Å²) in [6.07, 6.45) is 0.556. The van der Waals surface area contributed by atoms with E-state index in [0.29, 0.717) is 5.56 Å². The number of sulfone groups is 1. The molecule has 0 radical (unpaired) electrons. The highest BCUT2D eigenvalue weighted by molar-refractivity contribution is 7.90. The molecule has 0 fully saturated rings. The maximum Gasteiger partial charge on any atom is 0.255 e. The standard InChI is InChI=1S/C14H17FN2O4S/c1-8(2)20-9(3)14-16-13(17-21-14)10-5-6-12(11(15)7-10)22(4,18)19/h5-9H,1-4H3. The first-order chi connectivity index (χ1) is 10.2. The SMILES string of the molecule is CC(C)OC(C)c1nc(-c2ccc(S(C)(=O)=O)c(F)c2)no1. The zero-order valence-electron chi connectivity index (χ0n) is 12.7. The Hall–Kier alpha value is -1.80. The Morgan fingerprint density at radius 3 is 2.50 bits per heavy atom. The summed E-state index contributed by atoms with van der Waals surface area (Å²) in [5.41, 5.74) is 0.330. The molecule has 1 aromatic carbocycles. The quantitative estimate of drug-likeness (QED) is 0.839. The Labute approximate surface area is 128 Å². The molecule has 2 aromatic rings. The van der Waals surface area contributed by atoms with Crippen molar-refractivity contribution in [2.24, 2.45) is 0 Å². The molecular formula is C14H17FN2O4S. The third kappa shape index (κ3) is 3.69. The summed E-state index contributed by atoms with van der Waals surface area (Å²) in [6.45, 7) is 5.53. The zero-order chi connectivity index (χ0) is 16.5. The monoisotopic (exact) mass is 328 g/mol. The molecular weight excluding hydrogens is 311 g/mol. The molecule has 0 N–H and O–H groups in total. The van der Waals surface area contributed by atoms with Crippen LogP contribution in [0.1, 0.15) is 32.8 Å². The van der Waals surface area contributed by atoms with Gasteiger partial charge in [0.25, 0.3) is 5.89 Å². The lowest BCUT2D eigenvalue weighted by molar-refractivity contribution is -0.0000505. The molecule has 2 rings (SSSR count). The molecule has 0 spiro atoms. The predicted octanol–water partition coefficient (Wildman–Crippen LogP) is 2.77. The Balaban J connectivity index is 2.30. The van der Waals surface area contributed by atoms with Crippen molar-refractivity contribution in [1.29, 1.82) is 0 Å². The fourth-order valence-corrected chi connectivity index (χ4v) is 2.65. The second-order valence-electron chi connectivity index (χ2n) is 5.20. The molecule has 0 aliphatic heterocycles. The second kappa shape index (κ2) is 6.13. The molecule has 22 heavy (non-hydrogen) atoms. The normalized spacial score (nSPS) is 13.5. The third-order valence-corrected chi connectivity index (χ3v) is 3.99. The number of nitrogens with zero attached hydrogens (tertiary/aromatic N) is 2. The summed E-state index contributed by atoms with van der Waals surface area (Å²) in [6, 6.07) is 3.69. The van der Waals surface area contributed by atoms with Crippen molar-refractivity contribution in [3.05, 3.63) is 29.9 Å². The third-order valence-electron chi connectivity index (χ3n) is 2.86. The summed E-state index contributed by atoms with van der Waals surface area (Å²) in [5, 5.41) is 3.77. The molecule has 1 aromatic heterocycles. The molecule has 1 heterocycles. The van der Waals surface area contributed by atoms with E-state index in [2.05, 4.69) is 10.1 Å². The first-order valence-electron chi connectivity index (χ1n) is 6.67. The van der Waals surface area contributed by atoms with Crippen molar-refractivity contribution in [2.75, 3.05) is 6.26 Å². The van der Waals surface area contributed by atoms with Crippen LogP contribution < -0.4 is 0 Å². The lowest BCUT2D eigenvalue weighted by Crippen LogP contribution is -2.07. The highest BCUT2D eigenvalue weighted by atomic mass is 32.2. The van der Waals surface area contributed by atoms with E-state index in [9.17, 15) is 12.8 Å². The van der Waals surface area contributed by atoms with Gasteiger partial charge in [0.15, 0.2) is 9.84 Å². The van der Waals surface area contributed by atoms with E-state index < -0.39 is 15.7 Å². The van der Waals surface area contributed by atoms with E-state index in [-0.39, 0.29) is 28.8 Å². The van der Waals surface area contributed by atoms with Gasteiger partial charge in [0.2, 0.25) is 5.82 Å². The van der Waals surface area contributed by atoms with Crippen LogP contribution in [-0.4, -0.2) is 30.9 Å². The predicted molar refractivity (Wildman–Crippen MR) is 77.4 cm³/mol. The van der Waals surface area contributed by atoms with Crippen molar-refractivity contribution < 1.29 is 22.1 Å². The van der Waals surface area contributed by atoms with Crippen molar-refractivity contribution in [3.8, 4) is 11.4 Å². The van der Waals surface area contributed by atoms with Crippen LogP contribution in [0.2, 0.25) is 0 Å². The number of ether oxygens (including phenoxy) is 1. The summed E-state index contributed by atoms with van der Waals surface area (Å²) < 4.78 is 47.3. The van der Waals surface area contributed by atoms with Crippen LogP contribution in [0.3, 0.4) is 0 Å². The lowest BCUT2D eigenvalue weighted by Gasteiger charge is -2.11. The minimum atomic E-state index is -3.61. The van der Waals surface area contributed by atoms with E-state index in [1.165, 1.54) is 12.1 Å². The van der Waals surface area contributed by atoms with Crippen molar-refractivity contribution in [1.82, 2.24) is 10.1 Å². The van der Waals surface area contributed by atoms with Crippen LogP contribution in [0.25, 0.3) is 11.4 Å². The summed E-state index contributed by atoms with van der Waals surface area (Å²) in [5.74, 6) is -0.401. The first-order valence-corrected chi connectivity index (χ1v) is 8.56. The minimum Gasteiger partial charge on any atom is -0.366 e. The molecule has 8 heteroatoms. The van der Waals surface area contributed by atoms with Crippen LogP contribution in [0, 0.1) is 5.82 Å². The van der Waals surface area contributed by atoms with E-state index in [1.807, 2.05) is 13.8 Å². The summed E-state index contributed by atoms with van der Waals surface area (Å²) in [7, 11) is -3.61. The number of aromatic nitrogens is 2. The average Bonchev–Trinajstić information content (AvgIpc) is 2.85. The van der Waals surface area contributed by atoms with E-state index in [4.69, 9.17) is 9.26 Å². The first kappa shape index (κ1) is 16.6. The van der Waals surface area contributed by atoms with Crippen LogP contribution in [0.15, 0.2) is 27.6 Å². The fourth-order valence-electron chi connectivity index (χ4n) is 1.92. The van der Waals surface area contributed by atoms with Gasteiger partial charge >= 0.3 is 0 Å². The smallest absolute Gasteiger partial charge is 0.255 e. The van der Waals surface area contributed by atoms with Gasteiger partial charge in [-0.25, -0.2) is 12.8 Å². The fraction of sp³-hybridized carbons (Fsp3) is 0.429. The van der Waals surface area contributed by atoms with E-state index >= 15 is 0 Å². The second-order valence-corrected chi connectivity index (χ2v) is 7.18. The van der Waals surface area contributed by atoms with Gasteiger partial charge in [0.1, 0.15) is 16.8 Å². The van der Waals surface area contributed by atoms with E-state index in [0.717, 1.165) is 12.3 Å². The molecule has 0 saturated heterocycles. The molecule has 0 saturated carbocycles. The van der Waals surface area contributed by atoms with Crippen molar-refractivity contribution in [2.45, 2.75) is 37.9 Å². The van der Waals surface area contributed by atoms with Crippen LogP contribution in [0.5, 0.6) is 0 Å². The van der Waals surface area contributed by atoms with Gasteiger partial charge in [0.05, 0.1) is 6.10 Å². The van der Waals surface area contributed by atoms with Crippen LogP contribution in [-0.2, 0) is 14.6 Å². The Bertz CT molecular complexity index is 771. The molecule has 1 unspecified atom stereocenters. The Morgan fingerprint density at radius 1 is 1.27 bits per heavy atom. The number of halogens is 1. The zero-order valence-corrected chi connectivity index (χ0v) is 13.5. The molecule has 0 aliphatic carbocycles. The number of rotatable bonds is 5. The van der Waals surface area contributed by atoms with Gasteiger partial charge in [-0.1, -0.05) is 5.16 Å². The van der Waals surface area contributed by atoms with Gasteiger partial charge in [-0.3, -0.25) is 0 Å². The molecule has 0 aliphatic rings. The maximum atomic E-state index is 13.9. The highest BCUT2D eigenvalue weighted by Crippen LogP contribution is 2.24. The maximum absolute atomic E-state index is 13.9. The number of hydrogen-bond acceptors (Lipinski definition) is 6. The Kier molecular flexibility index (Phi) is 4.62. The molecule has 0 amide bonds. The average molecular weight is 328 g/mol. The topological polar surface area (TPSA) is 82.3 Å². The summed E-state index contributed by atoms with van der Waals surface area (Å²) in [4.78, 5) is 3.78. The molecule has 120 valence electrons. The molecule has 1 atom stereocenters. The van der Waals surface area contributed by atoms with Gasteiger partial charge < -0.3 is 9.26 Å². The highest BCUT2D eigenvalue weighted by Gasteiger charge is 2.19. The van der Waals surface area contributed by atoms with Gasteiger partial charge in [-0.05, 0) is 39.0 Å². The number of hydrogen-bond donors (Lipinski definition) is 0. The number of benzene rings is 1. The largest absolute Gasteiger partial charge is 0.366 e. The van der Waals surface area contributed by atoms with Gasteiger partial charge in [0, 0.05) is 11.8 Å². The van der Waals surface area contributed by atoms with E-state index in [1.54, 1.807) is 6.92 Å².